The van der Waals surface area contributed by atoms with Gasteiger partial charge in [0.05, 0.1) is 5.41 Å². The molecule has 0 aliphatic heterocycles. The maximum atomic E-state index is 6.04. The number of aryl methyl sites for hydroxylation is 1. The van der Waals surface area contributed by atoms with Gasteiger partial charge in [0.1, 0.15) is 22.5 Å². The van der Waals surface area contributed by atoms with Crippen molar-refractivity contribution >= 4 is 23.2 Å². The lowest BCUT2D eigenvalue weighted by atomic mass is 9.59. The first-order chi connectivity index (χ1) is 9.01. The molecule has 0 unspecified atom stereocenters. The van der Waals surface area contributed by atoms with Gasteiger partial charge in [0, 0.05) is 7.05 Å². The van der Waals surface area contributed by atoms with Crippen LogP contribution in [0.2, 0.25) is 10.3 Å². The van der Waals surface area contributed by atoms with Crippen molar-refractivity contribution in [2.24, 2.45) is 13.0 Å². The minimum Gasteiger partial charge on any atom is -0.320 e. The molecule has 0 N–H and O–H groups in total. The van der Waals surface area contributed by atoms with E-state index in [1.54, 1.807) is 6.33 Å². The Balaban J connectivity index is 2.14. The maximum absolute atomic E-state index is 6.04. The third-order valence-corrected chi connectivity index (χ3v) is 4.24. The van der Waals surface area contributed by atoms with Gasteiger partial charge in [-0.25, -0.2) is 4.98 Å². The number of nitrogens with zero attached hydrogens (tertiary/aromatic N) is 4. The molecule has 2 aromatic rings. The predicted octanol–water partition coefficient (Wildman–Crippen LogP) is 3.23. The molecular formula is C13H14Cl2N4. The average Bonchev–Trinajstić information content (AvgIpc) is 2.70. The minimum atomic E-state index is -0.138. The third kappa shape index (κ3) is 2.03. The first kappa shape index (κ1) is 12.9. The van der Waals surface area contributed by atoms with E-state index in [0.29, 0.717) is 16.2 Å². The van der Waals surface area contributed by atoms with E-state index in [4.69, 9.17) is 23.2 Å². The van der Waals surface area contributed by atoms with Crippen LogP contribution in [0.25, 0.3) is 0 Å². The van der Waals surface area contributed by atoms with Crippen LogP contribution in [-0.2, 0) is 12.5 Å². The Morgan fingerprint density at radius 1 is 1.26 bits per heavy atom. The molecule has 0 amide bonds. The second-order valence-electron chi connectivity index (χ2n) is 5.36. The van der Waals surface area contributed by atoms with E-state index in [2.05, 4.69) is 22.1 Å². The van der Waals surface area contributed by atoms with Crippen molar-refractivity contribution in [3.8, 4) is 0 Å². The van der Waals surface area contributed by atoms with Crippen LogP contribution < -0.4 is 0 Å². The van der Waals surface area contributed by atoms with E-state index in [-0.39, 0.29) is 5.41 Å². The summed E-state index contributed by atoms with van der Waals surface area (Å²) >= 11 is 12.1. The Kier molecular flexibility index (Phi) is 3.02. The van der Waals surface area contributed by atoms with Gasteiger partial charge in [0.15, 0.2) is 0 Å². The van der Waals surface area contributed by atoms with E-state index in [0.717, 1.165) is 24.2 Å². The van der Waals surface area contributed by atoms with Crippen LogP contribution in [0.1, 0.15) is 31.2 Å². The summed E-state index contributed by atoms with van der Waals surface area (Å²) in [6, 6.07) is 3.77. The lowest BCUT2D eigenvalue weighted by Gasteiger charge is -2.46. The topological polar surface area (TPSA) is 43.6 Å². The van der Waals surface area contributed by atoms with E-state index in [9.17, 15) is 0 Å². The number of hydrogen-bond donors (Lipinski definition) is 0. The Hall–Kier alpha value is -1.13. The van der Waals surface area contributed by atoms with Gasteiger partial charge in [-0.05, 0) is 36.5 Å². The van der Waals surface area contributed by atoms with Crippen LogP contribution >= 0.6 is 23.2 Å². The first-order valence-electron chi connectivity index (χ1n) is 6.19. The van der Waals surface area contributed by atoms with Crippen LogP contribution in [-0.4, -0.2) is 19.7 Å². The van der Waals surface area contributed by atoms with Crippen LogP contribution in [0.3, 0.4) is 0 Å². The van der Waals surface area contributed by atoms with Crippen LogP contribution in [0.4, 0.5) is 0 Å². The molecule has 4 nitrogen and oxygen atoms in total. The van der Waals surface area contributed by atoms with Crippen molar-refractivity contribution in [3.63, 3.8) is 0 Å². The van der Waals surface area contributed by atoms with Gasteiger partial charge in [0.2, 0.25) is 0 Å². The fraction of sp³-hybridized carbons (Fsp3) is 0.462. The fourth-order valence-corrected chi connectivity index (χ4v) is 3.60. The molecule has 3 rings (SSSR count). The molecule has 19 heavy (non-hydrogen) atoms. The highest BCUT2D eigenvalue weighted by molar-refractivity contribution is 6.32. The van der Waals surface area contributed by atoms with E-state index in [1.165, 1.54) is 0 Å². The van der Waals surface area contributed by atoms with Gasteiger partial charge in [-0.3, -0.25) is 0 Å². The highest BCUT2D eigenvalue weighted by Crippen LogP contribution is 2.51. The zero-order valence-electron chi connectivity index (χ0n) is 10.8. The lowest BCUT2D eigenvalue weighted by Crippen LogP contribution is -2.43. The van der Waals surface area contributed by atoms with Crippen LogP contribution in [0, 0.1) is 5.92 Å². The van der Waals surface area contributed by atoms with Gasteiger partial charge in [0.25, 0.3) is 0 Å². The number of rotatable bonds is 2. The fourth-order valence-electron chi connectivity index (χ4n) is 3.13. The monoisotopic (exact) mass is 296 g/mol. The molecule has 2 heterocycles. The van der Waals surface area contributed by atoms with Gasteiger partial charge in [-0.15, -0.1) is 10.2 Å². The highest BCUT2D eigenvalue weighted by Gasteiger charge is 2.48. The summed E-state index contributed by atoms with van der Waals surface area (Å²) in [6.07, 6.45) is 3.77. The molecule has 1 aliphatic rings. The van der Waals surface area contributed by atoms with Crippen molar-refractivity contribution in [2.75, 3.05) is 0 Å². The molecule has 0 bridgehead atoms. The molecule has 1 fully saturated rings. The normalized spacial score (nSPS) is 26.2. The minimum absolute atomic E-state index is 0.138. The van der Waals surface area contributed by atoms with Gasteiger partial charge < -0.3 is 4.57 Å². The van der Waals surface area contributed by atoms with Gasteiger partial charge in [-0.1, -0.05) is 30.1 Å². The quantitative estimate of drug-likeness (QED) is 0.799. The van der Waals surface area contributed by atoms with E-state index < -0.39 is 0 Å². The SMILES string of the molecule is CC1CC(c2cc(Cl)nc(Cl)c2)(c2nncn2C)C1. The summed E-state index contributed by atoms with van der Waals surface area (Å²) in [7, 11) is 1.96. The number of halogens is 2. The second-order valence-corrected chi connectivity index (χ2v) is 6.14. The van der Waals surface area contributed by atoms with Crippen molar-refractivity contribution in [1.29, 1.82) is 0 Å². The van der Waals surface area contributed by atoms with Crippen molar-refractivity contribution in [2.45, 2.75) is 25.2 Å². The molecule has 1 saturated carbocycles. The summed E-state index contributed by atoms with van der Waals surface area (Å²) in [6.45, 7) is 2.24. The number of aromatic nitrogens is 4. The highest BCUT2D eigenvalue weighted by atomic mass is 35.5. The molecule has 0 saturated heterocycles. The molecule has 1 aliphatic carbocycles. The molecule has 0 atom stereocenters. The zero-order valence-corrected chi connectivity index (χ0v) is 12.3. The summed E-state index contributed by atoms with van der Waals surface area (Å²) in [5.41, 5.74) is 0.938. The smallest absolute Gasteiger partial charge is 0.143 e. The average molecular weight is 297 g/mol. The molecule has 2 aromatic heterocycles. The molecular weight excluding hydrogens is 283 g/mol. The summed E-state index contributed by atoms with van der Waals surface area (Å²) < 4.78 is 1.97. The van der Waals surface area contributed by atoms with E-state index >= 15 is 0 Å². The van der Waals surface area contributed by atoms with Crippen LogP contribution in [0.15, 0.2) is 18.5 Å². The molecule has 0 aromatic carbocycles. The third-order valence-electron chi connectivity index (χ3n) is 3.85. The molecule has 6 heteroatoms. The molecule has 100 valence electrons. The van der Waals surface area contributed by atoms with Crippen molar-refractivity contribution in [1.82, 2.24) is 19.7 Å². The lowest BCUT2D eigenvalue weighted by molar-refractivity contribution is 0.185. The van der Waals surface area contributed by atoms with Crippen molar-refractivity contribution < 1.29 is 0 Å². The summed E-state index contributed by atoms with van der Waals surface area (Å²) in [5.74, 6) is 1.62. The van der Waals surface area contributed by atoms with Gasteiger partial charge >= 0.3 is 0 Å². The largest absolute Gasteiger partial charge is 0.320 e. The van der Waals surface area contributed by atoms with Gasteiger partial charge in [-0.2, -0.15) is 0 Å². The summed E-state index contributed by atoms with van der Waals surface area (Å²) in [4.78, 5) is 4.02. The first-order valence-corrected chi connectivity index (χ1v) is 6.95. The predicted molar refractivity (Wildman–Crippen MR) is 74.4 cm³/mol. The maximum Gasteiger partial charge on any atom is 0.143 e. The zero-order chi connectivity index (χ0) is 13.6. The Bertz CT molecular complexity index is 597. The Morgan fingerprint density at radius 3 is 2.37 bits per heavy atom. The number of hydrogen-bond acceptors (Lipinski definition) is 3. The number of pyridine rings is 1. The Labute approximate surface area is 121 Å². The standard InChI is InChI=1S/C13H14Cl2N4/c1-8-5-13(6-8,12-18-16-7-19(12)2)9-3-10(14)17-11(15)4-9/h3-4,7-8H,5-6H2,1-2H3. The van der Waals surface area contributed by atoms with Crippen LogP contribution in [0.5, 0.6) is 0 Å². The second kappa shape index (κ2) is 4.46. The van der Waals surface area contributed by atoms with Crippen molar-refractivity contribution in [3.05, 3.63) is 40.2 Å². The Morgan fingerprint density at radius 2 is 1.89 bits per heavy atom. The van der Waals surface area contributed by atoms with E-state index in [1.807, 2.05) is 23.7 Å². The summed E-state index contributed by atoms with van der Waals surface area (Å²) in [5, 5.41) is 9.12. The molecule has 0 spiro atoms. The molecule has 0 radical (unpaired) electrons.